The molecular weight excluding hydrogens is 290 g/mol. The summed E-state index contributed by atoms with van der Waals surface area (Å²) in [7, 11) is 0. The Morgan fingerprint density at radius 1 is 0.889 bits per heavy atom. The van der Waals surface area contributed by atoms with Crippen LogP contribution in [-0.4, -0.2) is 17.8 Å². The Bertz CT molecular complexity index is 185. The smallest absolute Gasteiger partial charge is 0.219 e. The minimum absolute atomic E-state index is 0.238. The second-order valence-corrected chi connectivity index (χ2v) is 5.76. The molecule has 0 spiro atoms. The first kappa shape index (κ1) is 17.9. The van der Waals surface area contributed by atoms with Crippen LogP contribution in [0.1, 0.15) is 77.6 Å². The van der Waals surface area contributed by atoms with Gasteiger partial charge in [0.2, 0.25) is 5.91 Å². The Balaban J connectivity index is 3.12. The molecule has 0 aliphatic heterocycles. The van der Waals surface area contributed by atoms with Crippen molar-refractivity contribution in [2.75, 3.05) is 11.9 Å². The Hall–Kier alpha value is -0.0500. The van der Waals surface area contributed by atoms with E-state index in [1.54, 1.807) is 0 Å². The number of halogens is 1. The van der Waals surface area contributed by atoms with Crippen LogP contribution in [0.15, 0.2) is 0 Å². The van der Waals surface area contributed by atoms with Crippen LogP contribution in [0, 0.1) is 0 Å². The lowest BCUT2D eigenvalue weighted by molar-refractivity contribution is -0.121. The first-order valence-electron chi connectivity index (χ1n) is 7.64. The number of nitrogens with one attached hydrogen (secondary N) is 1. The zero-order valence-electron chi connectivity index (χ0n) is 12.0. The normalized spacial score (nSPS) is 10.6. The lowest BCUT2D eigenvalue weighted by atomic mass is 10.1. The number of carbonyl (C=O) groups excluding carboxylic acids is 1. The van der Waals surface area contributed by atoms with Gasteiger partial charge in [0.05, 0.1) is 0 Å². The zero-order chi connectivity index (χ0) is 13.5. The van der Waals surface area contributed by atoms with Crippen LogP contribution >= 0.6 is 15.9 Å². The van der Waals surface area contributed by atoms with E-state index in [-0.39, 0.29) is 5.91 Å². The van der Waals surface area contributed by atoms with Gasteiger partial charge in [-0.25, -0.2) is 0 Å². The van der Waals surface area contributed by atoms with Gasteiger partial charge in [0.1, 0.15) is 0 Å². The highest BCUT2D eigenvalue weighted by Crippen LogP contribution is 2.08. The largest absolute Gasteiger partial charge is 0.356 e. The number of hydrogen-bond donors (Lipinski definition) is 1. The van der Waals surface area contributed by atoms with Gasteiger partial charge in [0, 0.05) is 18.3 Å². The van der Waals surface area contributed by atoms with Crippen molar-refractivity contribution in [3.8, 4) is 0 Å². The molecule has 1 N–H and O–H groups in total. The minimum atomic E-state index is 0.238. The number of unbranched alkanes of at least 4 members (excludes halogenated alkanes) is 8. The van der Waals surface area contributed by atoms with Crippen molar-refractivity contribution in [2.45, 2.75) is 77.6 Å². The lowest BCUT2D eigenvalue weighted by Crippen LogP contribution is -2.23. The third kappa shape index (κ3) is 14.0. The van der Waals surface area contributed by atoms with E-state index in [9.17, 15) is 4.79 Å². The fraction of sp³-hybridized carbons (Fsp3) is 0.933. The predicted octanol–water partition coefficient (Wildman–Crippen LogP) is 4.81. The monoisotopic (exact) mass is 319 g/mol. The molecule has 3 heteroatoms. The standard InChI is InChI=1S/C15H30BrNO/c1-2-3-4-5-6-7-9-12-15(18)17-14-11-8-10-13-16/h2-14H2,1H3,(H,17,18). The SMILES string of the molecule is CCCCCCCCCC(=O)NCCCCCBr. The predicted molar refractivity (Wildman–Crippen MR) is 83.3 cm³/mol. The summed E-state index contributed by atoms with van der Waals surface area (Å²) in [5.41, 5.74) is 0. The molecule has 0 aliphatic rings. The molecule has 2 nitrogen and oxygen atoms in total. The maximum atomic E-state index is 11.5. The summed E-state index contributed by atoms with van der Waals surface area (Å²) >= 11 is 3.41. The molecule has 0 aromatic heterocycles. The molecule has 0 saturated heterocycles. The van der Waals surface area contributed by atoms with Gasteiger partial charge in [-0.05, 0) is 19.3 Å². The summed E-state index contributed by atoms with van der Waals surface area (Å²) in [4.78, 5) is 11.5. The van der Waals surface area contributed by atoms with E-state index in [1.807, 2.05) is 0 Å². The van der Waals surface area contributed by atoms with Gasteiger partial charge >= 0.3 is 0 Å². The molecule has 0 heterocycles. The van der Waals surface area contributed by atoms with E-state index in [2.05, 4.69) is 28.2 Å². The van der Waals surface area contributed by atoms with Crippen LogP contribution < -0.4 is 5.32 Å². The average Bonchev–Trinajstić information content (AvgIpc) is 2.37. The van der Waals surface area contributed by atoms with Crippen molar-refractivity contribution < 1.29 is 4.79 Å². The van der Waals surface area contributed by atoms with Gasteiger partial charge in [-0.15, -0.1) is 0 Å². The summed E-state index contributed by atoms with van der Waals surface area (Å²) in [5, 5.41) is 4.07. The van der Waals surface area contributed by atoms with Crippen molar-refractivity contribution in [3.63, 3.8) is 0 Å². The average molecular weight is 320 g/mol. The maximum Gasteiger partial charge on any atom is 0.219 e. The highest BCUT2D eigenvalue weighted by atomic mass is 79.9. The third-order valence-electron chi connectivity index (χ3n) is 3.14. The molecule has 0 bridgehead atoms. The molecule has 0 unspecified atom stereocenters. The molecule has 18 heavy (non-hydrogen) atoms. The van der Waals surface area contributed by atoms with Crippen LogP contribution in [0.4, 0.5) is 0 Å². The highest BCUT2D eigenvalue weighted by Gasteiger charge is 2.00. The third-order valence-corrected chi connectivity index (χ3v) is 3.70. The number of amides is 1. The topological polar surface area (TPSA) is 29.1 Å². The summed E-state index contributed by atoms with van der Waals surface area (Å²) in [6.07, 6.45) is 13.1. The minimum Gasteiger partial charge on any atom is -0.356 e. The lowest BCUT2D eigenvalue weighted by Gasteiger charge is -2.05. The molecule has 0 radical (unpaired) electrons. The van der Waals surface area contributed by atoms with Gasteiger partial charge in [-0.3, -0.25) is 4.79 Å². The van der Waals surface area contributed by atoms with Crippen molar-refractivity contribution in [2.24, 2.45) is 0 Å². The van der Waals surface area contributed by atoms with E-state index < -0.39 is 0 Å². The van der Waals surface area contributed by atoms with Crippen molar-refractivity contribution in [1.29, 1.82) is 0 Å². The fourth-order valence-electron chi connectivity index (χ4n) is 1.96. The Labute approximate surface area is 121 Å². The van der Waals surface area contributed by atoms with Gasteiger partial charge in [0.25, 0.3) is 0 Å². The summed E-state index contributed by atoms with van der Waals surface area (Å²) < 4.78 is 0. The molecule has 0 aliphatic carbocycles. The van der Waals surface area contributed by atoms with Crippen LogP contribution in [0.25, 0.3) is 0 Å². The van der Waals surface area contributed by atoms with Crippen LogP contribution in [0.3, 0.4) is 0 Å². The van der Waals surface area contributed by atoms with Gasteiger partial charge < -0.3 is 5.32 Å². The summed E-state index contributed by atoms with van der Waals surface area (Å²) in [6.45, 7) is 3.09. The summed E-state index contributed by atoms with van der Waals surface area (Å²) in [5.74, 6) is 0.238. The van der Waals surface area contributed by atoms with Crippen molar-refractivity contribution >= 4 is 21.8 Å². The van der Waals surface area contributed by atoms with E-state index in [0.717, 1.165) is 24.7 Å². The van der Waals surface area contributed by atoms with Crippen LogP contribution in [-0.2, 0) is 4.79 Å². The van der Waals surface area contributed by atoms with Gasteiger partial charge in [0.15, 0.2) is 0 Å². The molecule has 108 valence electrons. The van der Waals surface area contributed by atoms with Crippen LogP contribution in [0.5, 0.6) is 0 Å². The quantitative estimate of drug-likeness (QED) is 0.383. The van der Waals surface area contributed by atoms with Crippen molar-refractivity contribution in [1.82, 2.24) is 5.32 Å². The molecule has 0 aromatic carbocycles. The Kier molecular flexibility index (Phi) is 15.0. The Morgan fingerprint density at radius 2 is 1.50 bits per heavy atom. The Morgan fingerprint density at radius 3 is 2.17 bits per heavy atom. The number of rotatable bonds is 13. The number of carbonyl (C=O) groups is 1. The fourth-order valence-corrected chi connectivity index (χ4v) is 2.35. The molecule has 0 rings (SSSR count). The highest BCUT2D eigenvalue weighted by molar-refractivity contribution is 9.09. The first-order chi connectivity index (χ1) is 8.81. The van der Waals surface area contributed by atoms with E-state index >= 15 is 0 Å². The summed E-state index contributed by atoms with van der Waals surface area (Å²) in [6, 6.07) is 0. The number of alkyl halides is 1. The molecule has 0 aromatic rings. The van der Waals surface area contributed by atoms with E-state index in [0.29, 0.717) is 6.42 Å². The molecular formula is C15H30BrNO. The molecule has 1 amide bonds. The maximum absolute atomic E-state index is 11.5. The van der Waals surface area contributed by atoms with Crippen molar-refractivity contribution in [3.05, 3.63) is 0 Å². The van der Waals surface area contributed by atoms with E-state index in [4.69, 9.17) is 0 Å². The molecule has 0 saturated carbocycles. The molecule has 0 atom stereocenters. The number of hydrogen-bond acceptors (Lipinski definition) is 1. The van der Waals surface area contributed by atoms with Gasteiger partial charge in [-0.2, -0.15) is 0 Å². The molecule has 0 fully saturated rings. The van der Waals surface area contributed by atoms with Crippen LogP contribution in [0.2, 0.25) is 0 Å². The van der Waals surface area contributed by atoms with E-state index in [1.165, 1.54) is 51.4 Å². The van der Waals surface area contributed by atoms with Gasteiger partial charge in [-0.1, -0.05) is 67.8 Å². The zero-order valence-corrected chi connectivity index (χ0v) is 13.6. The second kappa shape index (κ2) is 15.0. The first-order valence-corrected chi connectivity index (χ1v) is 8.76. The second-order valence-electron chi connectivity index (χ2n) is 4.97.